The number of nitrogens with one attached hydrogen (secondary N) is 2. The molecule has 3 amide bonds. The van der Waals surface area contributed by atoms with E-state index >= 15 is 0 Å². The molecule has 0 bridgehead atoms. The standard InChI is InChI=1S/C16H21N3O4S/c1-19-8-4-6-13(15(19)20)18-16(21)17-9-11-10-24(22,23)14-7-3-2-5-12(11)14/h2-3,5,7,11,13H,4,6,8-10H2,1H3,(H2,17,18,21). The van der Waals surface area contributed by atoms with Gasteiger partial charge in [-0.25, -0.2) is 13.2 Å². The summed E-state index contributed by atoms with van der Waals surface area (Å²) in [6.45, 7) is 0.925. The maximum atomic E-state index is 12.1. The van der Waals surface area contributed by atoms with E-state index in [0.717, 1.165) is 12.0 Å². The number of carbonyl (C=O) groups excluding carboxylic acids is 2. The van der Waals surface area contributed by atoms with Gasteiger partial charge >= 0.3 is 6.03 Å². The maximum absolute atomic E-state index is 12.1. The summed E-state index contributed by atoms with van der Waals surface area (Å²) in [5.41, 5.74) is 0.742. The summed E-state index contributed by atoms with van der Waals surface area (Å²) in [7, 11) is -1.56. The van der Waals surface area contributed by atoms with Gasteiger partial charge in [0.2, 0.25) is 5.91 Å². The molecule has 1 saturated heterocycles. The number of amides is 3. The molecule has 130 valence electrons. The molecule has 0 saturated carbocycles. The molecule has 2 unspecified atom stereocenters. The zero-order valence-corrected chi connectivity index (χ0v) is 14.3. The highest BCUT2D eigenvalue weighted by molar-refractivity contribution is 7.91. The smallest absolute Gasteiger partial charge is 0.315 e. The zero-order chi connectivity index (χ0) is 17.3. The summed E-state index contributed by atoms with van der Waals surface area (Å²) >= 11 is 0. The summed E-state index contributed by atoms with van der Waals surface area (Å²) < 4.78 is 24.3. The molecule has 1 aromatic carbocycles. The Balaban J connectivity index is 1.59. The third kappa shape index (κ3) is 3.24. The van der Waals surface area contributed by atoms with E-state index in [-0.39, 0.29) is 24.1 Å². The van der Waals surface area contributed by atoms with Crippen molar-refractivity contribution in [3.05, 3.63) is 29.8 Å². The molecular weight excluding hydrogens is 330 g/mol. The molecule has 0 radical (unpaired) electrons. The number of piperidine rings is 1. The monoisotopic (exact) mass is 351 g/mol. The van der Waals surface area contributed by atoms with Gasteiger partial charge in [-0.15, -0.1) is 0 Å². The Labute approximate surface area is 141 Å². The molecule has 8 heteroatoms. The van der Waals surface area contributed by atoms with E-state index in [0.29, 0.717) is 17.9 Å². The van der Waals surface area contributed by atoms with Gasteiger partial charge in [0.15, 0.2) is 9.84 Å². The van der Waals surface area contributed by atoms with Crippen molar-refractivity contribution in [3.63, 3.8) is 0 Å². The van der Waals surface area contributed by atoms with Crippen LogP contribution in [0.2, 0.25) is 0 Å². The number of benzene rings is 1. The van der Waals surface area contributed by atoms with Gasteiger partial charge in [-0.05, 0) is 24.5 Å². The van der Waals surface area contributed by atoms with Crippen molar-refractivity contribution in [1.29, 1.82) is 0 Å². The predicted octanol–water partition coefficient (Wildman–Crippen LogP) is 0.477. The molecule has 2 atom stereocenters. The Morgan fingerprint density at radius 2 is 2.08 bits per heavy atom. The van der Waals surface area contributed by atoms with E-state index in [1.807, 2.05) is 0 Å². The van der Waals surface area contributed by atoms with Crippen LogP contribution in [-0.2, 0) is 14.6 Å². The van der Waals surface area contributed by atoms with Crippen LogP contribution in [-0.4, -0.2) is 57.2 Å². The number of rotatable bonds is 3. The van der Waals surface area contributed by atoms with E-state index in [9.17, 15) is 18.0 Å². The second-order valence-electron chi connectivity index (χ2n) is 6.33. The average molecular weight is 351 g/mol. The second kappa shape index (κ2) is 6.43. The van der Waals surface area contributed by atoms with Crippen molar-refractivity contribution in [2.75, 3.05) is 25.9 Å². The lowest BCUT2D eigenvalue weighted by Gasteiger charge is -2.29. The molecule has 2 aliphatic heterocycles. The van der Waals surface area contributed by atoms with E-state index in [4.69, 9.17) is 0 Å². The third-order valence-electron chi connectivity index (χ3n) is 4.59. The molecule has 7 nitrogen and oxygen atoms in total. The summed E-state index contributed by atoms with van der Waals surface area (Å²) in [6, 6.07) is 5.92. The first-order valence-corrected chi connectivity index (χ1v) is 9.65. The number of nitrogens with zero attached hydrogens (tertiary/aromatic N) is 1. The summed E-state index contributed by atoms with van der Waals surface area (Å²) in [5, 5.41) is 5.38. The molecular formula is C16H21N3O4S. The third-order valence-corrected chi connectivity index (χ3v) is 6.47. The number of hydrogen-bond donors (Lipinski definition) is 2. The van der Waals surface area contributed by atoms with Gasteiger partial charge in [-0.1, -0.05) is 18.2 Å². The van der Waals surface area contributed by atoms with Gasteiger partial charge in [0, 0.05) is 26.1 Å². The lowest BCUT2D eigenvalue weighted by molar-refractivity contribution is -0.134. The number of likely N-dealkylation sites (tertiary alicyclic amines) is 1. The second-order valence-corrected chi connectivity index (χ2v) is 8.33. The van der Waals surface area contributed by atoms with Crippen LogP contribution >= 0.6 is 0 Å². The fourth-order valence-corrected chi connectivity index (χ4v) is 5.19. The summed E-state index contributed by atoms with van der Waals surface area (Å²) in [5.74, 6) is -0.357. The molecule has 2 aliphatic rings. The Hall–Kier alpha value is -2.09. The SMILES string of the molecule is CN1CCCC(NC(=O)NCC2CS(=O)(=O)c3ccccc32)C1=O. The minimum atomic E-state index is -3.28. The Morgan fingerprint density at radius 3 is 2.88 bits per heavy atom. The van der Waals surface area contributed by atoms with Crippen LogP contribution in [0.1, 0.15) is 24.3 Å². The number of sulfone groups is 1. The van der Waals surface area contributed by atoms with E-state index in [1.165, 1.54) is 0 Å². The normalized spacial score (nSPS) is 25.2. The van der Waals surface area contributed by atoms with E-state index in [1.54, 1.807) is 36.2 Å². The minimum absolute atomic E-state index is 0.00226. The van der Waals surface area contributed by atoms with Crippen LogP contribution in [0.4, 0.5) is 4.79 Å². The van der Waals surface area contributed by atoms with Crippen molar-refractivity contribution >= 4 is 21.8 Å². The fourth-order valence-electron chi connectivity index (χ4n) is 3.31. The van der Waals surface area contributed by atoms with Crippen molar-refractivity contribution in [3.8, 4) is 0 Å². The van der Waals surface area contributed by atoms with E-state index in [2.05, 4.69) is 10.6 Å². The van der Waals surface area contributed by atoms with Crippen LogP contribution < -0.4 is 10.6 Å². The van der Waals surface area contributed by atoms with Crippen molar-refractivity contribution < 1.29 is 18.0 Å². The molecule has 1 fully saturated rings. The van der Waals surface area contributed by atoms with Gasteiger partial charge in [0.1, 0.15) is 6.04 Å². The Morgan fingerprint density at radius 1 is 1.33 bits per heavy atom. The molecule has 1 aromatic rings. The minimum Gasteiger partial charge on any atom is -0.344 e. The topological polar surface area (TPSA) is 95.6 Å². The maximum Gasteiger partial charge on any atom is 0.315 e. The van der Waals surface area contributed by atoms with Crippen LogP contribution in [0, 0.1) is 0 Å². The number of fused-ring (bicyclic) bond motifs is 1. The quantitative estimate of drug-likeness (QED) is 0.828. The first kappa shape index (κ1) is 16.8. The van der Waals surface area contributed by atoms with Crippen LogP contribution in [0.3, 0.4) is 0 Å². The Kier molecular flexibility index (Phi) is 4.49. The first-order valence-electron chi connectivity index (χ1n) is 7.99. The molecule has 3 rings (SSSR count). The van der Waals surface area contributed by atoms with Gasteiger partial charge < -0.3 is 15.5 Å². The molecule has 0 aliphatic carbocycles. The number of urea groups is 1. The average Bonchev–Trinajstić information content (AvgIpc) is 2.81. The lowest BCUT2D eigenvalue weighted by Crippen LogP contribution is -2.53. The zero-order valence-electron chi connectivity index (χ0n) is 13.5. The molecule has 24 heavy (non-hydrogen) atoms. The number of hydrogen-bond acceptors (Lipinski definition) is 4. The van der Waals surface area contributed by atoms with Crippen molar-refractivity contribution in [2.24, 2.45) is 0 Å². The predicted molar refractivity (Wildman–Crippen MR) is 88.4 cm³/mol. The van der Waals surface area contributed by atoms with Crippen molar-refractivity contribution in [2.45, 2.75) is 29.7 Å². The highest BCUT2D eigenvalue weighted by atomic mass is 32.2. The van der Waals surface area contributed by atoms with Crippen LogP contribution in [0.25, 0.3) is 0 Å². The van der Waals surface area contributed by atoms with Crippen molar-refractivity contribution in [1.82, 2.24) is 15.5 Å². The van der Waals surface area contributed by atoms with Gasteiger partial charge in [0.05, 0.1) is 10.6 Å². The van der Waals surface area contributed by atoms with E-state index < -0.39 is 21.9 Å². The summed E-state index contributed by atoms with van der Waals surface area (Å²) in [4.78, 5) is 26.0. The van der Waals surface area contributed by atoms with Crippen LogP contribution in [0.5, 0.6) is 0 Å². The van der Waals surface area contributed by atoms with Gasteiger partial charge in [-0.3, -0.25) is 4.79 Å². The van der Waals surface area contributed by atoms with Gasteiger partial charge in [-0.2, -0.15) is 0 Å². The number of likely N-dealkylation sites (N-methyl/N-ethyl adjacent to an activating group) is 1. The lowest BCUT2D eigenvalue weighted by atomic mass is 10.0. The molecule has 0 spiro atoms. The highest BCUT2D eigenvalue weighted by Gasteiger charge is 2.34. The summed E-state index contributed by atoms with van der Waals surface area (Å²) in [6.07, 6.45) is 1.47. The van der Waals surface area contributed by atoms with Gasteiger partial charge in [0.25, 0.3) is 0 Å². The molecule has 0 aromatic heterocycles. The highest BCUT2D eigenvalue weighted by Crippen LogP contribution is 2.34. The fraction of sp³-hybridized carbons (Fsp3) is 0.500. The Bertz CT molecular complexity index is 762. The largest absolute Gasteiger partial charge is 0.344 e. The molecule has 2 heterocycles. The first-order chi connectivity index (χ1) is 11.4. The van der Waals surface area contributed by atoms with Crippen LogP contribution in [0.15, 0.2) is 29.2 Å². The molecule has 2 N–H and O–H groups in total. The number of carbonyl (C=O) groups is 2.